The fraction of sp³-hybridized carbons (Fsp3) is 0.231. The maximum absolute atomic E-state index is 12.1. The molecular weight excluding hydrogens is 236 g/mol. The molecule has 0 atom stereocenters. The molecule has 3 nitrogen and oxygen atoms in total. The molecule has 0 unspecified atom stereocenters. The predicted octanol–water partition coefficient (Wildman–Crippen LogP) is 3.04. The molecule has 88 valence electrons. The zero-order valence-corrected chi connectivity index (χ0v) is 10.5. The van der Waals surface area contributed by atoms with Gasteiger partial charge in [-0.3, -0.25) is 9.48 Å². The highest BCUT2D eigenvalue weighted by molar-refractivity contribution is 6.30. The Labute approximate surface area is 105 Å². The van der Waals surface area contributed by atoms with Crippen molar-refractivity contribution in [3.8, 4) is 0 Å². The van der Waals surface area contributed by atoms with Crippen LogP contribution in [0.25, 0.3) is 0 Å². The second-order valence-electron chi connectivity index (χ2n) is 4.10. The Kier molecular flexibility index (Phi) is 3.29. The highest BCUT2D eigenvalue weighted by Crippen LogP contribution is 2.13. The smallest absolute Gasteiger partial charge is 0.184 e. The van der Waals surface area contributed by atoms with E-state index in [9.17, 15) is 4.79 Å². The second-order valence-corrected chi connectivity index (χ2v) is 4.53. The SMILES string of the molecule is Cc1ccc(C)c(C(=O)Cn2cc(Cl)cn2)c1. The average molecular weight is 249 g/mol. The maximum atomic E-state index is 12.1. The Morgan fingerprint density at radius 3 is 2.82 bits per heavy atom. The normalized spacial score (nSPS) is 10.5. The van der Waals surface area contributed by atoms with Gasteiger partial charge in [0, 0.05) is 11.8 Å². The minimum absolute atomic E-state index is 0.0472. The highest BCUT2D eigenvalue weighted by Gasteiger charge is 2.10. The van der Waals surface area contributed by atoms with Crippen molar-refractivity contribution in [3.05, 3.63) is 52.3 Å². The van der Waals surface area contributed by atoms with Gasteiger partial charge in [-0.15, -0.1) is 0 Å². The highest BCUT2D eigenvalue weighted by atomic mass is 35.5. The van der Waals surface area contributed by atoms with Gasteiger partial charge >= 0.3 is 0 Å². The number of hydrogen-bond donors (Lipinski definition) is 0. The van der Waals surface area contributed by atoms with Crippen molar-refractivity contribution < 1.29 is 4.79 Å². The lowest BCUT2D eigenvalue weighted by molar-refractivity contribution is 0.0967. The topological polar surface area (TPSA) is 34.9 Å². The zero-order chi connectivity index (χ0) is 12.4. The molecule has 0 saturated carbocycles. The van der Waals surface area contributed by atoms with Crippen LogP contribution in [-0.2, 0) is 6.54 Å². The van der Waals surface area contributed by atoms with Gasteiger partial charge in [0.2, 0.25) is 0 Å². The summed E-state index contributed by atoms with van der Waals surface area (Å²) in [6, 6.07) is 5.86. The Morgan fingerprint density at radius 2 is 2.18 bits per heavy atom. The van der Waals surface area contributed by atoms with Crippen LogP contribution in [0.5, 0.6) is 0 Å². The molecule has 0 N–H and O–H groups in total. The lowest BCUT2D eigenvalue weighted by Gasteiger charge is -2.06. The van der Waals surface area contributed by atoms with Crippen molar-refractivity contribution in [1.29, 1.82) is 0 Å². The third-order valence-corrected chi connectivity index (χ3v) is 2.80. The molecule has 0 aliphatic heterocycles. The van der Waals surface area contributed by atoms with Crippen molar-refractivity contribution >= 4 is 17.4 Å². The van der Waals surface area contributed by atoms with Crippen LogP contribution in [0.3, 0.4) is 0 Å². The molecule has 0 aliphatic rings. The van der Waals surface area contributed by atoms with Crippen LogP contribution in [0.2, 0.25) is 5.02 Å². The molecule has 1 aromatic carbocycles. The molecule has 0 radical (unpaired) electrons. The van der Waals surface area contributed by atoms with E-state index in [1.807, 2.05) is 32.0 Å². The van der Waals surface area contributed by atoms with Crippen LogP contribution in [0, 0.1) is 13.8 Å². The van der Waals surface area contributed by atoms with Gasteiger partial charge in [-0.05, 0) is 25.5 Å². The number of aromatic nitrogens is 2. The lowest BCUT2D eigenvalue weighted by Crippen LogP contribution is -2.12. The third kappa shape index (κ3) is 2.74. The molecule has 0 spiro atoms. The van der Waals surface area contributed by atoms with Gasteiger partial charge in [0.15, 0.2) is 5.78 Å². The minimum atomic E-state index is 0.0472. The standard InChI is InChI=1S/C13H13ClN2O/c1-9-3-4-10(2)12(5-9)13(17)8-16-7-11(14)6-15-16/h3-7H,8H2,1-2H3. The summed E-state index contributed by atoms with van der Waals surface area (Å²) in [5.41, 5.74) is 2.81. The molecule has 0 fully saturated rings. The summed E-state index contributed by atoms with van der Waals surface area (Å²) in [6.07, 6.45) is 3.17. The van der Waals surface area contributed by atoms with E-state index in [0.29, 0.717) is 5.02 Å². The number of ketones is 1. The van der Waals surface area contributed by atoms with Crippen LogP contribution < -0.4 is 0 Å². The van der Waals surface area contributed by atoms with Crippen LogP contribution in [-0.4, -0.2) is 15.6 Å². The first-order valence-corrected chi connectivity index (χ1v) is 5.72. The average Bonchev–Trinajstić information content (AvgIpc) is 2.67. The predicted molar refractivity (Wildman–Crippen MR) is 67.5 cm³/mol. The van der Waals surface area contributed by atoms with E-state index in [-0.39, 0.29) is 12.3 Å². The molecule has 2 aromatic rings. The fourth-order valence-electron chi connectivity index (χ4n) is 1.69. The van der Waals surface area contributed by atoms with Crippen LogP contribution >= 0.6 is 11.6 Å². The van der Waals surface area contributed by atoms with Gasteiger partial charge in [0.25, 0.3) is 0 Å². The number of Topliss-reactive ketones (excluding diaryl/α,β-unsaturated/α-hetero) is 1. The van der Waals surface area contributed by atoms with Crippen molar-refractivity contribution in [2.45, 2.75) is 20.4 Å². The van der Waals surface area contributed by atoms with E-state index in [2.05, 4.69) is 5.10 Å². The van der Waals surface area contributed by atoms with E-state index in [1.165, 1.54) is 6.20 Å². The van der Waals surface area contributed by atoms with Crippen LogP contribution in [0.15, 0.2) is 30.6 Å². The summed E-state index contributed by atoms with van der Waals surface area (Å²) < 4.78 is 1.55. The molecule has 1 heterocycles. The Hall–Kier alpha value is -1.61. The summed E-state index contributed by atoms with van der Waals surface area (Å²) in [4.78, 5) is 12.1. The van der Waals surface area contributed by atoms with Crippen LogP contribution in [0.1, 0.15) is 21.5 Å². The molecule has 4 heteroatoms. The molecule has 0 saturated heterocycles. The van der Waals surface area contributed by atoms with Gasteiger partial charge in [0.1, 0.15) is 6.54 Å². The Morgan fingerprint density at radius 1 is 1.41 bits per heavy atom. The van der Waals surface area contributed by atoms with E-state index in [1.54, 1.807) is 10.9 Å². The second kappa shape index (κ2) is 4.72. The van der Waals surface area contributed by atoms with Gasteiger partial charge in [0.05, 0.1) is 11.2 Å². The van der Waals surface area contributed by atoms with Crippen LogP contribution in [0.4, 0.5) is 0 Å². The fourth-order valence-corrected chi connectivity index (χ4v) is 1.85. The lowest BCUT2D eigenvalue weighted by atomic mass is 10.0. The molecule has 0 bridgehead atoms. The number of halogens is 1. The third-order valence-electron chi connectivity index (χ3n) is 2.60. The van der Waals surface area contributed by atoms with E-state index in [4.69, 9.17) is 11.6 Å². The number of hydrogen-bond acceptors (Lipinski definition) is 2. The van der Waals surface area contributed by atoms with E-state index >= 15 is 0 Å². The number of rotatable bonds is 3. The Bertz CT molecular complexity index is 560. The summed E-state index contributed by atoms with van der Waals surface area (Å²) >= 11 is 5.75. The van der Waals surface area contributed by atoms with E-state index < -0.39 is 0 Å². The molecular formula is C13H13ClN2O. The minimum Gasteiger partial charge on any atom is -0.292 e. The molecule has 17 heavy (non-hydrogen) atoms. The van der Waals surface area contributed by atoms with Gasteiger partial charge in [-0.25, -0.2) is 0 Å². The van der Waals surface area contributed by atoms with E-state index in [0.717, 1.165) is 16.7 Å². The summed E-state index contributed by atoms with van der Waals surface area (Å²) in [5.74, 6) is 0.0472. The van der Waals surface area contributed by atoms with Gasteiger partial charge < -0.3 is 0 Å². The molecule has 2 rings (SSSR count). The van der Waals surface area contributed by atoms with Gasteiger partial charge in [-0.2, -0.15) is 5.10 Å². The number of aryl methyl sites for hydroxylation is 2. The van der Waals surface area contributed by atoms with Crippen molar-refractivity contribution in [1.82, 2.24) is 9.78 Å². The first-order valence-electron chi connectivity index (χ1n) is 5.34. The summed E-state index contributed by atoms with van der Waals surface area (Å²) in [5, 5.41) is 4.54. The number of nitrogens with zero attached hydrogens (tertiary/aromatic N) is 2. The molecule has 0 aliphatic carbocycles. The molecule has 1 aromatic heterocycles. The monoisotopic (exact) mass is 248 g/mol. The quantitative estimate of drug-likeness (QED) is 0.783. The maximum Gasteiger partial charge on any atom is 0.184 e. The molecule has 0 amide bonds. The first kappa shape index (κ1) is 11.9. The van der Waals surface area contributed by atoms with Gasteiger partial charge in [-0.1, -0.05) is 29.3 Å². The van der Waals surface area contributed by atoms with Crippen molar-refractivity contribution in [3.63, 3.8) is 0 Å². The van der Waals surface area contributed by atoms with Crippen molar-refractivity contribution in [2.75, 3.05) is 0 Å². The summed E-state index contributed by atoms with van der Waals surface area (Å²) in [6.45, 7) is 4.13. The number of carbonyl (C=O) groups is 1. The largest absolute Gasteiger partial charge is 0.292 e. The number of benzene rings is 1. The Balaban J connectivity index is 2.22. The number of carbonyl (C=O) groups excluding carboxylic acids is 1. The first-order chi connectivity index (χ1) is 8.06. The van der Waals surface area contributed by atoms with Crippen molar-refractivity contribution in [2.24, 2.45) is 0 Å². The zero-order valence-electron chi connectivity index (χ0n) is 9.77. The summed E-state index contributed by atoms with van der Waals surface area (Å²) in [7, 11) is 0.